The predicted molar refractivity (Wildman–Crippen MR) is 132 cm³/mol. The molecule has 0 bridgehead atoms. The molecule has 1 aliphatic rings. The summed E-state index contributed by atoms with van der Waals surface area (Å²) in [4.78, 5) is 27.1. The van der Waals surface area contributed by atoms with E-state index in [0.717, 1.165) is 11.3 Å². The summed E-state index contributed by atoms with van der Waals surface area (Å²) in [7, 11) is -3.57. The molecule has 1 saturated heterocycles. The SMILES string of the molecule is CCN(CC)S(=O)(=O)c1ccc(N2CC(C(=O)NCc3ccc(-n4cccn4)cc3)CC2=O)cc1. The molecule has 4 rings (SSSR count). The summed E-state index contributed by atoms with van der Waals surface area (Å²) in [5.74, 6) is -0.809. The molecule has 2 heterocycles. The molecular weight excluding hydrogens is 466 g/mol. The summed E-state index contributed by atoms with van der Waals surface area (Å²) in [6, 6.07) is 15.8. The van der Waals surface area contributed by atoms with Crippen LogP contribution in [0.15, 0.2) is 71.9 Å². The van der Waals surface area contributed by atoms with Crippen molar-refractivity contribution < 1.29 is 18.0 Å². The van der Waals surface area contributed by atoms with Gasteiger partial charge in [-0.1, -0.05) is 26.0 Å². The number of amides is 2. The van der Waals surface area contributed by atoms with E-state index in [4.69, 9.17) is 0 Å². The van der Waals surface area contributed by atoms with Crippen molar-refractivity contribution in [2.75, 3.05) is 24.5 Å². The quantitative estimate of drug-likeness (QED) is 0.491. The molecule has 1 atom stereocenters. The minimum Gasteiger partial charge on any atom is -0.352 e. The number of carbonyl (C=O) groups is 2. The monoisotopic (exact) mass is 495 g/mol. The number of rotatable bonds is 9. The summed E-state index contributed by atoms with van der Waals surface area (Å²) in [5.41, 5.74) is 2.46. The highest BCUT2D eigenvalue weighted by molar-refractivity contribution is 7.89. The highest BCUT2D eigenvalue weighted by Gasteiger charge is 2.35. The molecule has 2 aromatic carbocycles. The van der Waals surface area contributed by atoms with Crippen LogP contribution in [0.1, 0.15) is 25.8 Å². The Kier molecular flexibility index (Phi) is 7.32. The summed E-state index contributed by atoms with van der Waals surface area (Å²) >= 11 is 0. The molecule has 1 fully saturated rings. The van der Waals surface area contributed by atoms with Gasteiger partial charge in [-0.3, -0.25) is 9.59 Å². The van der Waals surface area contributed by atoms with Crippen LogP contribution in [0.2, 0.25) is 0 Å². The Morgan fingerprint density at radius 3 is 2.31 bits per heavy atom. The van der Waals surface area contributed by atoms with E-state index in [-0.39, 0.29) is 29.7 Å². The number of aromatic nitrogens is 2. The summed E-state index contributed by atoms with van der Waals surface area (Å²) in [5, 5.41) is 7.11. The van der Waals surface area contributed by atoms with Crippen LogP contribution < -0.4 is 10.2 Å². The average molecular weight is 496 g/mol. The molecule has 1 unspecified atom stereocenters. The third-order valence-corrected chi connectivity index (χ3v) is 8.22. The van der Waals surface area contributed by atoms with E-state index in [1.54, 1.807) is 36.9 Å². The molecule has 35 heavy (non-hydrogen) atoms. The minimum atomic E-state index is -3.57. The maximum atomic E-state index is 12.7. The molecule has 1 aromatic heterocycles. The number of hydrogen-bond acceptors (Lipinski definition) is 5. The van der Waals surface area contributed by atoms with Gasteiger partial charge in [-0.25, -0.2) is 13.1 Å². The minimum absolute atomic E-state index is 0.115. The fourth-order valence-corrected chi connectivity index (χ4v) is 5.62. The average Bonchev–Trinajstić information content (AvgIpc) is 3.54. The highest BCUT2D eigenvalue weighted by Crippen LogP contribution is 2.27. The molecule has 184 valence electrons. The number of nitrogens with one attached hydrogen (secondary N) is 1. The van der Waals surface area contributed by atoms with E-state index in [1.165, 1.54) is 21.3 Å². The second kappa shape index (κ2) is 10.4. The van der Waals surface area contributed by atoms with Crippen molar-refractivity contribution in [3.63, 3.8) is 0 Å². The Morgan fingerprint density at radius 2 is 1.71 bits per heavy atom. The first-order valence-electron chi connectivity index (χ1n) is 11.6. The molecule has 0 spiro atoms. The van der Waals surface area contributed by atoms with Crippen LogP contribution in [0.3, 0.4) is 0 Å². The molecule has 2 amide bonds. The second-order valence-electron chi connectivity index (χ2n) is 8.32. The van der Waals surface area contributed by atoms with Gasteiger partial charge in [-0.05, 0) is 48.0 Å². The zero-order chi connectivity index (χ0) is 25.0. The van der Waals surface area contributed by atoms with Crippen molar-refractivity contribution in [1.29, 1.82) is 0 Å². The van der Waals surface area contributed by atoms with Crippen LogP contribution in [0.5, 0.6) is 0 Å². The number of hydrogen-bond donors (Lipinski definition) is 1. The largest absolute Gasteiger partial charge is 0.352 e. The van der Waals surface area contributed by atoms with E-state index in [2.05, 4.69) is 10.4 Å². The molecule has 9 nitrogen and oxygen atoms in total. The van der Waals surface area contributed by atoms with Crippen molar-refractivity contribution in [1.82, 2.24) is 19.4 Å². The maximum Gasteiger partial charge on any atom is 0.243 e. The zero-order valence-electron chi connectivity index (χ0n) is 19.8. The summed E-state index contributed by atoms with van der Waals surface area (Å²) in [6.45, 7) is 4.97. The fourth-order valence-electron chi connectivity index (χ4n) is 4.16. The molecule has 1 aliphatic heterocycles. The summed E-state index contributed by atoms with van der Waals surface area (Å²) < 4.78 is 28.5. The van der Waals surface area contributed by atoms with Crippen molar-refractivity contribution in [2.24, 2.45) is 5.92 Å². The van der Waals surface area contributed by atoms with Gasteiger partial charge < -0.3 is 10.2 Å². The van der Waals surface area contributed by atoms with Crippen LogP contribution in [-0.2, 0) is 26.2 Å². The van der Waals surface area contributed by atoms with Gasteiger partial charge in [0.15, 0.2) is 0 Å². The first-order valence-corrected chi connectivity index (χ1v) is 13.0. The lowest BCUT2D eigenvalue weighted by Crippen LogP contribution is -2.32. The maximum absolute atomic E-state index is 12.7. The van der Waals surface area contributed by atoms with Gasteiger partial charge >= 0.3 is 0 Å². The second-order valence-corrected chi connectivity index (χ2v) is 10.3. The van der Waals surface area contributed by atoms with Crippen molar-refractivity contribution >= 4 is 27.5 Å². The lowest BCUT2D eigenvalue weighted by Gasteiger charge is -2.20. The van der Waals surface area contributed by atoms with Gasteiger partial charge in [0.05, 0.1) is 16.5 Å². The first-order chi connectivity index (χ1) is 16.8. The van der Waals surface area contributed by atoms with E-state index in [0.29, 0.717) is 25.3 Å². The lowest BCUT2D eigenvalue weighted by molar-refractivity contribution is -0.126. The van der Waals surface area contributed by atoms with Crippen molar-refractivity contribution in [3.05, 3.63) is 72.6 Å². The normalized spacial score (nSPS) is 16.1. The molecule has 0 aliphatic carbocycles. The van der Waals surface area contributed by atoms with Crippen molar-refractivity contribution in [2.45, 2.75) is 31.7 Å². The van der Waals surface area contributed by atoms with Crippen LogP contribution in [-0.4, -0.2) is 54.0 Å². The van der Waals surface area contributed by atoms with Crippen LogP contribution in [0.25, 0.3) is 5.69 Å². The van der Waals surface area contributed by atoms with Gasteiger partial charge in [-0.15, -0.1) is 0 Å². The number of benzene rings is 2. The van der Waals surface area contributed by atoms with E-state index in [9.17, 15) is 18.0 Å². The lowest BCUT2D eigenvalue weighted by atomic mass is 10.1. The van der Waals surface area contributed by atoms with E-state index < -0.39 is 15.9 Å². The van der Waals surface area contributed by atoms with Gasteiger partial charge in [0.1, 0.15) is 0 Å². The summed E-state index contributed by atoms with van der Waals surface area (Å²) in [6.07, 6.45) is 3.68. The van der Waals surface area contributed by atoms with Gasteiger partial charge in [0.25, 0.3) is 0 Å². The Morgan fingerprint density at radius 1 is 1.06 bits per heavy atom. The van der Waals surface area contributed by atoms with Gasteiger partial charge in [-0.2, -0.15) is 9.40 Å². The third-order valence-electron chi connectivity index (χ3n) is 6.16. The smallest absolute Gasteiger partial charge is 0.243 e. The molecule has 1 N–H and O–H groups in total. The topological polar surface area (TPSA) is 105 Å². The molecule has 0 radical (unpaired) electrons. The highest BCUT2D eigenvalue weighted by atomic mass is 32.2. The fraction of sp³-hybridized carbons (Fsp3) is 0.320. The van der Waals surface area contributed by atoms with Crippen molar-refractivity contribution in [3.8, 4) is 5.69 Å². The molecule has 3 aromatic rings. The molecule has 10 heteroatoms. The number of anilines is 1. The van der Waals surface area contributed by atoms with Gasteiger partial charge in [0.2, 0.25) is 21.8 Å². The van der Waals surface area contributed by atoms with E-state index >= 15 is 0 Å². The first kappa shape index (κ1) is 24.6. The Bertz CT molecular complexity index is 1270. The number of carbonyl (C=O) groups excluding carboxylic acids is 2. The standard InChI is InChI=1S/C25H29N5O4S/c1-3-28(4-2)35(33,34)23-12-10-21(11-13-23)29-18-20(16-24(29)31)25(32)26-17-19-6-8-22(9-7-19)30-15-5-14-27-30/h5-15,20H,3-4,16-18H2,1-2H3,(H,26,32). The van der Waals surface area contributed by atoms with Gasteiger partial charge in [0, 0.05) is 50.7 Å². The van der Waals surface area contributed by atoms with Crippen LogP contribution >= 0.6 is 0 Å². The van der Waals surface area contributed by atoms with Crippen LogP contribution in [0.4, 0.5) is 5.69 Å². The predicted octanol–water partition coefficient (Wildman–Crippen LogP) is 2.57. The van der Waals surface area contributed by atoms with Crippen LogP contribution in [0, 0.1) is 5.92 Å². The number of sulfonamides is 1. The Hall–Kier alpha value is -3.50. The molecule has 0 saturated carbocycles. The van der Waals surface area contributed by atoms with E-state index in [1.807, 2.05) is 36.5 Å². The third kappa shape index (κ3) is 5.28. The zero-order valence-corrected chi connectivity index (χ0v) is 20.6. The Balaban J connectivity index is 1.35. The molecular formula is C25H29N5O4S. The number of nitrogens with zero attached hydrogens (tertiary/aromatic N) is 4. The Labute approximate surface area is 205 Å².